The molecule has 0 amide bonds. The molecule has 5 heteroatoms. The highest BCUT2D eigenvalue weighted by molar-refractivity contribution is 9.10. The zero-order valence-corrected chi connectivity index (χ0v) is 15.3. The molecule has 120 valence electrons. The van der Waals surface area contributed by atoms with Crippen LogP contribution in [0.3, 0.4) is 0 Å². The molecule has 2 rings (SSSR count). The summed E-state index contributed by atoms with van der Waals surface area (Å²) in [5.74, 6) is 0. The van der Waals surface area contributed by atoms with E-state index in [0.717, 1.165) is 42.5 Å². The van der Waals surface area contributed by atoms with Crippen molar-refractivity contribution in [2.45, 2.75) is 64.0 Å². The highest BCUT2D eigenvalue weighted by atomic mass is 79.9. The number of likely N-dealkylation sites (N-methyl/N-ethyl adjacent to an activating group) is 1. The lowest BCUT2D eigenvalue weighted by Gasteiger charge is -2.37. The normalized spacial score (nSPS) is 19.1. The van der Waals surface area contributed by atoms with Crippen molar-refractivity contribution >= 4 is 15.9 Å². The molecule has 1 fully saturated rings. The summed E-state index contributed by atoms with van der Waals surface area (Å²) < 4.78 is 9.40. The van der Waals surface area contributed by atoms with Crippen molar-refractivity contribution in [1.29, 1.82) is 0 Å². The van der Waals surface area contributed by atoms with Crippen molar-refractivity contribution in [2.75, 3.05) is 13.7 Å². The van der Waals surface area contributed by atoms with E-state index >= 15 is 0 Å². The molecule has 1 atom stereocenters. The monoisotopic (exact) mass is 357 g/mol. The van der Waals surface area contributed by atoms with Gasteiger partial charge in [-0.3, -0.25) is 4.68 Å². The summed E-state index contributed by atoms with van der Waals surface area (Å²) in [6.45, 7) is 5.03. The van der Waals surface area contributed by atoms with Crippen LogP contribution in [-0.2, 0) is 24.6 Å². The average Bonchev–Trinajstić information content (AvgIpc) is 3.04. The van der Waals surface area contributed by atoms with Crippen LogP contribution < -0.4 is 5.32 Å². The summed E-state index contributed by atoms with van der Waals surface area (Å²) in [6, 6.07) is 0.330. The number of halogens is 1. The van der Waals surface area contributed by atoms with Gasteiger partial charge in [0.1, 0.15) is 0 Å². The summed E-state index contributed by atoms with van der Waals surface area (Å²) in [7, 11) is 4.09. The number of rotatable bonds is 7. The molecule has 21 heavy (non-hydrogen) atoms. The largest absolute Gasteiger partial charge is 0.374 e. The Morgan fingerprint density at radius 2 is 2.05 bits per heavy atom. The first kappa shape index (κ1) is 17.0. The molecule has 1 N–H and O–H groups in total. The van der Waals surface area contributed by atoms with E-state index in [1.165, 1.54) is 18.5 Å². The highest BCUT2D eigenvalue weighted by Gasteiger charge is 2.42. The zero-order chi connectivity index (χ0) is 15.5. The molecule has 0 bridgehead atoms. The standard InChI is InChI=1S/C16H28BrN3O/c1-5-12-15(17)13(20(4)19-12)11-14(18-3)16(21-6-2)9-7-8-10-16/h14,18H,5-11H2,1-4H3. The van der Waals surface area contributed by atoms with Gasteiger partial charge in [-0.2, -0.15) is 5.10 Å². The van der Waals surface area contributed by atoms with Crippen molar-refractivity contribution in [2.24, 2.45) is 7.05 Å². The minimum absolute atomic E-state index is 0.0143. The lowest BCUT2D eigenvalue weighted by Crippen LogP contribution is -2.51. The van der Waals surface area contributed by atoms with Crippen molar-refractivity contribution in [3.63, 3.8) is 0 Å². The Morgan fingerprint density at radius 1 is 1.38 bits per heavy atom. The van der Waals surface area contributed by atoms with Gasteiger partial charge in [0.05, 0.1) is 21.5 Å². The third-order valence-corrected chi connectivity index (χ3v) is 5.68. The molecular weight excluding hydrogens is 330 g/mol. The third-order valence-electron chi connectivity index (χ3n) is 4.77. The fraction of sp³-hybridized carbons (Fsp3) is 0.812. The number of hydrogen-bond acceptors (Lipinski definition) is 3. The molecule has 1 unspecified atom stereocenters. The van der Waals surface area contributed by atoms with E-state index in [4.69, 9.17) is 4.74 Å². The van der Waals surface area contributed by atoms with Gasteiger partial charge in [-0.15, -0.1) is 0 Å². The lowest BCUT2D eigenvalue weighted by molar-refractivity contribution is -0.0600. The molecule has 0 aromatic carbocycles. The Bertz CT molecular complexity index is 466. The Kier molecular flexibility index (Phi) is 5.86. The van der Waals surface area contributed by atoms with Crippen LogP contribution in [0.5, 0.6) is 0 Å². The molecular formula is C16H28BrN3O. The van der Waals surface area contributed by atoms with Crippen LogP contribution in [0.25, 0.3) is 0 Å². The molecule has 1 saturated carbocycles. The summed E-state index contributed by atoms with van der Waals surface area (Å²) >= 11 is 3.73. The van der Waals surface area contributed by atoms with Gasteiger partial charge in [0.2, 0.25) is 0 Å². The van der Waals surface area contributed by atoms with Crippen molar-refractivity contribution in [3.8, 4) is 0 Å². The van der Waals surface area contributed by atoms with Crippen molar-refractivity contribution in [3.05, 3.63) is 15.9 Å². The second kappa shape index (κ2) is 7.25. The van der Waals surface area contributed by atoms with Crippen LogP contribution in [0.2, 0.25) is 0 Å². The van der Waals surface area contributed by atoms with E-state index in [1.54, 1.807) is 0 Å². The van der Waals surface area contributed by atoms with E-state index in [0.29, 0.717) is 6.04 Å². The second-order valence-electron chi connectivity index (χ2n) is 5.93. The maximum atomic E-state index is 6.22. The number of hydrogen-bond donors (Lipinski definition) is 1. The molecule has 0 radical (unpaired) electrons. The first-order chi connectivity index (χ1) is 10.1. The average molecular weight is 358 g/mol. The number of aryl methyl sites for hydroxylation is 2. The van der Waals surface area contributed by atoms with Gasteiger partial charge < -0.3 is 10.1 Å². The van der Waals surface area contributed by atoms with Gasteiger partial charge in [0, 0.05) is 26.1 Å². The second-order valence-corrected chi connectivity index (χ2v) is 6.73. The van der Waals surface area contributed by atoms with Crippen LogP contribution in [0, 0.1) is 0 Å². The molecule has 1 aromatic rings. The summed E-state index contributed by atoms with van der Waals surface area (Å²) in [5.41, 5.74) is 2.39. The van der Waals surface area contributed by atoms with Crippen molar-refractivity contribution in [1.82, 2.24) is 15.1 Å². The first-order valence-electron chi connectivity index (χ1n) is 8.09. The van der Waals surface area contributed by atoms with Crippen LogP contribution >= 0.6 is 15.9 Å². The van der Waals surface area contributed by atoms with E-state index in [1.807, 2.05) is 11.7 Å². The lowest BCUT2D eigenvalue weighted by atomic mass is 9.88. The topological polar surface area (TPSA) is 39.1 Å². The predicted molar refractivity (Wildman–Crippen MR) is 89.7 cm³/mol. The van der Waals surface area contributed by atoms with E-state index < -0.39 is 0 Å². The van der Waals surface area contributed by atoms with Crippen LogP contribution in [0.4, 0.5) is 0 Å². The van der Waals surface area contributed by atoms with E-state index in [9.17, 15) is 0 Å². The number of aromatic nitrogens is 2. The van der Waals surface area contributed by atoms with E-state index in [2.05, 4.69) is 47.2 Å². The van der Waals surface area contributed by atoms with Crippen LogP contribution in [0.15, 0.2) is 4.47 Å². The Morgan fingerprint density at radius 3 is 2.52 bits per heavy atom. The van der Waals surface area contributed by atoms with Gasteiger partial charge in [-0.1, -0.05) is 19.8 Å². The zero-order valence-electron chi connectivity index (χ0n) is 13.7. The Balaban J connectivity index is 2.24. The van der Waals surface area contributed by atoms with Gasteiger partial charge in [0.25, 0.3) is 0 Å². The molecule has 4 nitrogen and oxygen atoms in total. The Hall–Kier alpha value is -0.390. The smallest absolute Gasteiger partial charge is 0.0838 e. The number of nitrogens with zero attached hydrogens (tertiary/aromatic N) is 2. The predicted octanol–water partition coefficient (Wildman–Crippen LogP) is 3.22. The van der Waals surface area contributed by atoms with Crippen molar-refractivity contribution < 1.29 is 4.74 Å². The molecule has 0 aliphatic heterocycles. The molecule has 1 aliphatic rings. The number of nitrogens with one attached hydrogen (secondary N) is 1. The number of ether oxygens (including phenoxy) is 1. The quantitative estimate of drug-likeness (QED) is 0.814. The molecule has 1 heterocycles. The molecule has 0 saturated heterocycles. The van der Waals surface area contributed by atoms with Crippen LogP contribution in [-0.4, -0.2) is 35.1 Å². The summed E-state index contributed by atoms with van der Waals surface area (Å²) in [4.78, 5) is 0. The van der Waals surface area contributed by atoms with E-state index in [-0.39, 0.29) is 5.60 Å². The Labute approximate surface area is 136 Å². The fourth-order valence-electron chi connectivity index (χ4n) is 3.64. The molecule has 1 aliphatic carbocycles. The van der Waals surface area contributed by atoms with Crippen LogP contribution in [0.1, 0.15) is 50.9 Å². The minimum atomic E-state index is -0.0143. The van der Waals surface area contributed by atoms with Gasteiger partial charge in [-0.05, 0) is 49.2 Å². The summed E-state index contributed by atoms with van der Waals surface area (Å²) in [6.07, 6.45) is 6.75. The first-order valence-corrected chi connectivity index (χ1v) is 8.88. The maximum Gasteiger partial charge on any atom is 0.0838 e. The highest BCUT2D eigenvalue weighted by Crippen LogP contribution is 2.38. The third kappa shape index (κ3) is 3.35. The maximum absolute atomic E-state index is 6.22. The summed E-state index contributed by atoms with van der Waals surface area (Å²) in [5, 5.41) is 8.13. The van der Waals surface area contributed by atoms with Gasteiger partial charge in [0.15, 0.2) is 0 Å². The van der Waals surface area contributed by atoms with Gasteiger partial charge >= 0.3 is 0 Å². The SMILES string of the molecule is CCOC1(C(Cc2c(Br)c(CC)nn2C)NC)CCCC1. The minimum Gasteiger partial charge on any atom is -0.374 e. The molecule has 0 spiro atoms. The fourth-order valence-corrected chi connectivity index (χ4v) is 4.42. The molecule has 1 aromatic heterocycles. The van der Waals surface area contributed by atoms with Gasteiger partial charge in [-0.25, -0.2) is 0 Å².